The van der Waals surface area contributed by atoms with Gasteiger partial charge in [0.15, 0.2) is 17.7 Å². The first-order chi connectivity index (χ1) is 6.52. The molecular weight excluding hydrogens is 199 g/mol. The minimum Gasteiger partial charge on any atom is -0.378 e. The van der Waals surface area contributed by atoms with E-state index in [4.69, 9.17) is 5.11 Å². The lowest BCUT2D eigenvalue weighted by Crippen LogP contribution is -2.11. The molecule has 1 heterocycles. The molecule has 6 heteroatoms. The molecule has 1 aliphatic rings. The van der Waals surface area contributed by atoms with Crippen LogP contribution in [0.4, 0.5) is 18.9 Å². The van der Waals surface area contributed by atoms with Crippen molar-refractivity contribution in [1.82, 2.24) is 0 Å². The predicted molar refractivity (Wildman–Crippen MR) is 39.9 cm³/mol. The molecule has 3 nitrogen and oxygen atoms in total. The van der Waals surface area contributed by atoms with E-state index >= 15 is 0 Å². The maximum Gasteiger partial charge on any atom is 0.258 e. The minimum absolute atomic E-state index is 0.289. The molecule has 0 aromatic heterocycles. The number of nitrogens with one attached hydrogen (secondary N) is 1. The van der Waals surface area contributed by atoms with Crippen molar-refractivity contribution in [2.24, 2.45) is 0 Å². The van der Waals surface area contributed by atoms with Gasteiger partial charge in [0.25, 0.3) is 5.91 Å². The van der Waals surface area contributed by atoms with Gasteiger partial charge in [-0.3, -0.25) is 4.79 Å². The number of aliphatic hydroxyl groups excluding tert-OH is 1. The lowest BCUT2D eigenvalue weighted by Gasteiger charge is -2.03. The standard InChI is InChI=1S/C8H4F3NO2/c9-2-1-3(10)5(11)6-4(2)7(13)8(14)12-6/h1,7,13H,(H,12,14). The number of carbonyl (C=O) groups excluding carboxylic acids is 1. The normalized spacial score (nSPS) is 19.4. The molecule has 74 valence electrons. The van der Waals surface area contributed by atoms with Gasteiger partial charge >= 0.3 is 0 Å². The van der Waals surface area contributed by atoms with Gasteiger partial charge in [0.1, 0.15) is 5.82 Å². The van der Waals surface area contributed by atoms with Gasteiger partial charge in [-0.05, 0) is 0 Å². The van der Waals surface area contributed by atoms with E-state index in [1.165, 1.54) is 0 Å². The summed E-state index contributed by atoms with van der Waals surface area (Å²) in [6.07, 6.45) is -1.78. The van der Waals surface area contributed by atoms with E-state index in [-0.39, 0.29) is 6.07 Å². The van der Waals surface area contributed by atoms with E-state index in [9.17, 15) is 18.0 Å². The minimum atomic E-state index is -1.78. The molecule has 0 radical (unpaired) electrons. The van der Waals surface area contributed by atoms with Crippen LogP contribution in [0.2, 0.25) is 0 Å². The lowest BCUT2D eigenvalue weighted by molar-refractivity contribution is -0.123. The Morgan fingerprint density at radius 3 is 2.57 bits per heavy atom. The second-order valence-electron chi connectivity index (χ2n) is 2.83. The highest BCUT2D eigenvalue weighted by Crippen LogP contribution is 2.35. The zero-order valence-corrected chi connectivity index (χ0v) is 6.64. The van der Waals surface area contributed by atoms with Crippen molar-refractivity contribution < 1.29 is 23.1 Å². The zero-order chi connectivity index (χ0) is 10.5. The molecule has 0 fully saturated rings. The Kier molecular flexibility index (Phi) is 1.75. The number of aliphatic hydroxyl groups is 1. The molecule has 2 rings (SSSR count). The van der Waals surface area contributed by atoms with Gasteiger partial charge in [-0.15, -0.1) is 0 Å². The number of fused-ring (bicyclic) bond motifs is 1. The van der Waals surface area contributed by atoms with Crippen LogP contribution in [0, 0.1) is 17.5 Å². The summed E-state index contributed by atoms with van der Waals surface area (Å²) in [4.78, 5) is 10.8. The molecule has 1 unspecified atom stereocenters. The number of hydrogen-bond donors (Lipinski definition) is 2. The van der Waals surface area contributed by atoms with Crippen LogP contribution in [-0.2, 0) is 4.79 Å². The quantitative estimate of drug-likeness (QED) is 0.620. The van der Waals surface area contributed by atoms with Gasteiger partial charge in [0.05, 0.1) is 11.3 Å². The first-order valence-electron chi connectivity index (χ1n) is 3.68. The third-order valence-electron chi connectivity index (χ3n) is 1.98. The molecule has 1 aromatic rings. The maximum absolute atomic E-state index is 13.0. The Balaban J connectivity index is 2.73. The average Bonchev–Trinajstić information content (AvgIpc) is 2.40. The second kappa shape index (κ2) is 2.71. The SMILES string of the molecule is O=C1Nc2c(F)c(F)cc(F)c2C1O. The first kappa shape index (κ1) is 9.01. The highest BCUT2D eigenvalue weighted by molar-refractivity contribution is 6.01. The van der Waals surface area contributed by atoms with Gasteiger partial charge in [0, 0.05) is 6.07 Å². The molecule has 0 saturated carbocycles. The van der Waals surface area contributed by atoms with Gasteiger partial charge in [-0.1, -0.05) is 0 Å². The third-order valence-corrected chi connectivity index (χ3v) is 1.98. The third kappa shape index (κ3) is 1.00. The summed E-state index contributed by atoms with van der Waals surface area (Å²) in [6, 6.07) is 0.289. The lowest BCUT2D eigenvalue weighted by atomic mass is 10.1. The van der Waals surface area contributed by atoms with Crippen molar-refractivity contribution in [1.29, 1.82) is 0 Å². The van der Waals surface area contributed by atoms with E-state index in [1.807, 2.05) is 5.32 Å². The van der Waals surface area contributed by atoms with Crippen LogP contribution < -0.4 is 5.32 Å². The molecule has 0 bridgehead atoms. The van der Waals surface area contributed by atoms with Crippen molar-refractivity contribution in [2.75, 3.05) is 5.32 Å². The number of hydrogen-bond acceptors (Lipinski definition) is 2. The van der Waals surface area contributed by atoms with Gasteiger partial charge in [-0.25, -0.2) is 13.2 Å². The highest BCUT2D eigenvalue weighted by Gasteiger charge is 2.35. The fourth-order valence-electron chi connectivity index (χ4n) is 1.32. The molecular formula is C8H4F3NO2. The Morgan fingerprint density at radius 2 is 1.93 bits per heavy atom. The van der Waals surface area contributed by atoms with E-state index in [2.05, 4.69) is 0 Å². The maximum atomic E-state index is 13.0. The molecule has 0 aliphatic carbocycles. The first-order valence-corrected chi connectivity index (χ1v) is 3.68. The van der Waals surface area contributed by atoms with Crippen molar-refractivity contribution in [3.63, 3.8) is 0 Å². The van der Waals surface area contributed by atoms with E-state index in [1.54, 1.807) is 0 Å². The smallest absolute Gasteiger partial charge is 0.258 e. The molecule has 0 saturated heterocycles. The molecule has 1 aliphatic heterocycles. The van der Waals surface area contributed by atoms with Crippen LogP contribution in [0.15, 0.2) is 6.07 Å². The molecule has 1 aromatic carbocycles. The average molecular weight is 203 g/mol. The van der Waals surface area contributed by atoms with E-state index in [0.29, 0.717) is 0 Å². The van der Waals surface area contributed by atoms with Crippen molar-refractivity contribution in [3.8, 4) is 0 Å². The topological polar surface area (TPSA) is 49.3 Å². The zero-order valence-electron chi connectivity index (χ0n) is 6.64. The van der Waals surface area contributed by atoms with Gasteiger partial charge < -0.3 is 10.4 Å². The Hall–Kier alpha value is -1.56. The molecule has 14 heavy (non-hydrogen) atoms. The van der Waals surface area contributed by atoms with Gasteiger partial charge in [-0.2, -0.15) is 0 Å². The molecule has 1 atom stereocenters. The summed E-state index contributed by atoms with van der Waals surface area (Å²) < 4.78 is 38.6. The fourth-order valence-corrected chi connectivity index (χ4v) is 1.32. The molecule has 0 spiro atoms. The largest absolute Gasteiger partial charge is 0.378 e. The predicted octanol–water partition coefficient (Wildman–Crippen LogP) is 1.09. The Labute approximate surface area is 76.2 Å². The van der Waals surface area contributed by atoms with Crippen LogP contribution in [0.25, 0.3) is 0 Å². The van der Waals surface area contributed by atoms with Crippen LogP contribution in [0.3, 0.4) is 0 Å². The van der Waals surface area contributed by atoms with Crippen LogP contribution >= 0.6 is 0 Å². The summed E-state index contributed by atoms with van der Waals surface area (Å²) in [5.41, 5.74) is -1.17. The summed E-state index contributed by atoms with van der Waals surface area (Å²) in [5.74, 6) is -4.89. The summed E-state index contributed by atoms with van der Waals surface area (Å²) >= 11 is 0. The highest BCUT2D eigenvalue weighted by atomic mass is 19.2. The number of benzene rings is 1. The van der Waals surface area contributed by atoms with Crippen LogP contribution in [-0.4, -0.2) is 11.0 Å². The monoisotopic (exact) mass is 203 g/mol. The number of carbonyl (C=O) groups is 1. The number of rotatable bonds is 0. The van der Waals surface area contributed by atoms with E-state index < -0.39 is 40.7 Å². The Morgan fingerprint density at radius 1 is 1.29 bits per heavy atom. The number of anilines is 1. The number of amides is 1. The summed E-state index contributed by atoms with van der Waals surface area (Å²) in [6.45, 7) is 0. The molecule has 1 amide bonds. The molecule has 2 N–H and O–H groups in total. The Bertz CT molecular complexity index is 433. The number of halogens is 3. The van der Waals surface area contributed by atoms with Crippen LogP contribution in [0.1, 0.15) is 11.7 Å². The summed E-state index contributed by atoms with van der Waals surface area (Å²) in [5, 5.41) is 11.0. The summed E-state index contributed by atoms with van der Waals surface area (Å²) in [7, 11) is 0. The van der Waals surface area contributed by atoms with Gasteiger partial charge in [0.2, 0.25) is 0 Å². The van der Waals surface area contributed by atoms with Crippen LogP contribution in [0.5, 0.6) is 0 Å². The van der Waals surface area contributed by atoms with Crippen molar-refractivity contribution in [3.05, 3.63) is 29.1 Å². The van der Waals surface area contributed by atoms with Crippen molar-refractivity contribution in [2.45, 2.75) is 6.10 Å². The van der Waals surface area contributed by atoms with Crippen molar-refractivity contribution >= 4 is 11.6 Å². The second-order valence-corrected chi connectivity index (χ2v) is 2.83. The fraction of sp³-hybridized carbons (Fsp3) is 0.125. The van der Waals surface area contributed by atoms with E-state index in [0.717, 1.165) is 0 Å².